The number of hydrogen-bond donors (Lipinski definition) is 3. The fraction of sp³-hybridized carbons (Fsp3) is 0.250. The molecule has 5 rings (SSSR count). The van der Waals surface area contributed by atoms with E-state index in [1.165, 1.54) is 5.56 Å². The first-order valence-corrected chi connectivity index (χ1v) is 11.5. The van der Waals surface area contributed by atoms with Gasteiger partial charge in [-0.1, -0.05) is 55.3 Å². The molecule has 0 unspecified atom stereocenters. The molecule has 6 nitrogen and oxygen atoms in total. The molecule has 0 atom stereocenters. The number of nitrogens with one attached hydrogen (secondary N) is 3. The molecule has 0 spiro atoms. The Kier molecular flexibility index (Phi) is 19.2. The Morgan fingerprint density at radius 1 is 0.778 bits per heavy atom. The zero-order chi connectivity index (χ0) is 24.4. The van der Waals surface area contributed by atoms with Gasteiger partial charge in [0.15, 0.2) is 5.91 Å². The summed E-state index contributed by atoms with van der Waals surface area (Å²) in [5.74, 6) is 1.97. The van der Waals surface area contributed by atoms with Gasteiger partial charge in [0.05, 0.1) is 13.1 Å². The summed E-state index contributed by atoms with van der Waals surface area (Å²) in [6.07, 6.45) is 0. The molecule has 8 heteroatoms. The first-order chi connectivity index (χ1) is 16.8. The number of rotatable bonds is 3. The van der Waals surface area contributed by atoms with Crippen LogP contribution in [-0.2, 0) is 42.1 Å². The maximum Gasteiger partial charge on any atom is 0.195 e. The van der Waals surface area contributed by atoms with Gasteiger partial charge in [-0.25, -0.2) is 0 Å². The average Bonchev–Trinajstić information content (AvgIpc) is 3.67. The number of carbonyl (C=O) groups excluding carboxylic acids is 1. The summed E-state index contributed by atoms with van der Waals surface area (Å²) in [5, 5.41) is 8.95. The van der Waals surface area contributed by atoms with Crippen LogP contribution in [0.1, 0.15) is 35.3 Å². The molecule has 36 heavy (non-hydrogen) atoms. The van der Waals surface area contributed by atoms with Crippen LogP contribution in [0.15, 0.2) is 88.8 Å². The molecule has 0 fully saturated rings. The van der Waals surface area contributed by atoms with Crippen LogP contribution in [0.3, 0.4) is 0 Å². The Morgan fingerprint density at radius 2 is 1.33 bits per heavy atom. The van der Waals surface area contributed by atoms with Gasteiger partial charge in [0, 0.05) is 67.8 Å². The molecule has 2 heterocycles. The summed E-state index contributed by atoms with van der Waals surface area (Å²) < 4.78 is 0. The molecule has 3 aromatic carbocycles. The van der Waals surface area contributed by atoms with Crippen LogP contribution in [0.25, 0.3) is 0 Å². The molecule has 0 saturated heterocycles. The second kappa shape index (κ2) is 20.6. The summed E-state index contributed by atoms with van der Waals surface area (Å²) in [4.78, 5) is 19.5. The molecule has 190 valence electrons. The van der Waals surface area contributed by atoms with Crippen molar-refractivity contribution in [3.05, 3.63) is 108 Å². The molecule has 0 bridgehead atoms. The van der Waals surface area contributed by atoms with Crippen LogP contribution in [-0.4, -0.2) is 50.8 Å². The largest absolute Gasteiger partial charge is 0.370 e. The standard InChI is InChI=1S/C9H10N2.C9H9N2.C8H8NO.C2H6.2W/c2*1-2-4-8(5-3-1)9-10-6-7-11-9;1-9-8(10)7-5-3-2-4-6-7;1-2;;/h1-5H,6-7H2,(H,10,11);2-5H,6-7H2,(H,10,11);2-3,5-6H,1H3,(H,9,10);1-2H3;;/q;2*-1;;;. The Hall–Kier alpha value is -2.55. The van der Waals surface area contributed by atoms with Gasteiger partial charge in [-0.3, -0.25) is 14.8 Å². The monoisotopic (exact) mass is 823 g/mol. The molecule has 2 aliphatic heterocycles. The first kappa shape index (κ1) is 33.4. The van der Waals surface area contributed by atoms with Gasteiger partial charge in [-0.15, -0.1) is 0 Å². The van der Waals surface area contributed by atoms with E-state index >= 15 is 0 Å². The Balaban J connectivity index is 0.000000481. The second-order valence-electron chi connectivity index (χ2n) is 6.84. The number of nitrogens with zero attached hydrogens (tertiary/aromatic N) is 2. The van der Waals surface area contributed by atoms with Crippen molar-refractivity contribution in [2.24, 2.45) is 9.98 Å². The molecule has 0 aliphatic carbocycles. The van der Waals surface area contributed by atoms with Crippen molar-refractivity contribution in [3.63, 3.8) is 0 Å². The summed E-state index contributed by atoms with van der Waals surface area (Å²) >= 11 is 0. The number of carbonyl (C=O) groups is 1. The van der Waals surface area contributed by atoms with Gasteiger partial charge in [0.1, 0.15) is 11.7 Å². The Labute approximate surface area is 244 Å². The van der Waals surface area contributed by atoms with Crippen LogP contribution < -0.4 is 16.0 Å². The third-order valence-corrected chi connectivity index (χ3v) is 4.58. The number of hydrogen-bond acceptors (Lipinski definition) is 5. The zero-order valence-electron chi connectivity index (χ0n) is 21.0. The van der Waals surface area contributed by atoms with Crippen LogP contribution in [0.5, 0.6) is 0 Å². The molecule has 2 aliphatic rings. The number of amides is 1. The van der Waals surface area contributed by atoms with E-state index in [1.54, 1.807) is 31.3 Å². The SMILES string of the molecule is CC.CNC(=O)c1c[c-]ccc1.[W].[W].[c-]1ccc(C2=NCCN2)cc1.c1ccc(C2=NCCN2)cc1. The maximum atomic E-state index is 10.9. The van der Waals surface area contributed by atoms with E-state index in [-0.39, 0.29) is 48.0 Å². The Morgan fingerprint density at radius 3 is 1.78 bits per heavy atom. The van der Waals surface area contributed by atoms with Gasteiger partial charge < -0.3 is 16.0 Å². The van der Waals surface area contributed by atoms with E-state index in [1.807, 2.05) is 56.3 Å². The van der Waals surface area contributed by atoms with Crippen molar-refractivity contribution in [2.75, 3.05) is 33.2 Å². The minimum Gasteiger partial charge on any atom is -0.370 e. The molecule has 0 saturated carbocycles. The zero-order valence-corrected chi connectivity index (χ0v) is 26.8. The molecule has 0 radical (unpaired) electrons. The van der Waals surface area contributed by atoms with E-state index in [0.29, 0.717) is 5.56 Å². The summed E-state index contributed by atoms with van der Waals surface area (Å²) in [7, 11) is 1.61. The third-order valence-electron chi connectivity index (χ3n) is 4.58. The van der Waals surface area contributed by atoms with Crippen molar-refractivity contribution in [1.29, 1.82) is 0 Å². The van der Waals surface area contributed by atoms with Crippen molar-refractivity contribution in [3.8, 4) is 0 Å². The van der Waals surface area contributed by atoms with E-state index in [4.69, 9.17) is 0 Å². The third kappa shape index (κ3) is 11.9. The number of benzene rings is 3. The minimum atomic E-state index is -0.0724. The van der Waals surface area contributed by atoms with Crippen molar-refractivity contribution in [2.45, 2.75) is 13.8 Å². The predicted octanol–water partition coefficient (Wildman–Crippen LogP) is 3.74. The fourth-order valence-corrected chi connectivity index (χ4v) is 3.00. The van der Waals surface area contributed by atoms with Gasteiger partial charge in [-0.2, -0.15) is 60.7 Å². The molecule has 0 aromatic heterocycles. The van der Waals surface area contributed by atoms with E-state index in [0.717, 1.165) is 43.4 Å². The maximum absolute atomic E-state index is 10.9. The van der Waals surface area contributed by atoms with Gasteiger partial charge in [-0.05, 0) is 0 Å². The molecular formula is C28H33N5OW2-2. The topological polar surface area (TPSA) is 77.9 Å². The van der Waals surface area contributed by atoms with E-state index in [2.05, 4.69) is 50.2 Å². The number of amidine groups is 2. The van der Waals surface area contributed by atoms with Crippen LogP contribution in [0, 0.1) is 12.1 Å². The first-order valence-electron chi connectivity index (χ1n) is 11.5. The number of aliphatic imine (C=N–C) groups is 2. The van der Waals surface area contributed by atoms with Gasteiger partial charge in [0.25, 0.3) is 0 Å². The van der Waals surface area contributed by atoms with Crippen LogP contribution in [0.4, 0.5) is 0 Å². The Bertz CT molecular complexity index is 970. The van der Waals surface area contributed by atoms with E-state index < -0.39 is 0 Å². The smallest absolute Gasteiger partial charge is 0.195 e. The van der Waals surface area contributed by atoms with Gasteiger partial charge >= 0.3 is 0 Å². The van der Waals surface area contributed by atoms with Gasteiger partial charge in [0.2, 0.25) is 0 Å². The second-order valence-corrected chi connectivity index (χ2v) is 6.84. The minimum absolute atomic E-state index is 0. The van der Waals surface area contributed by atoms with E-state index in [9.17, 15) is 4.79 Å². The van der Waals surface area contributed by atoms with Crippen LogP contribution in [0.2, 0.25) is 0 Å². The van der Waals surface area contributed by atoms with Crippen molar-refractivity contribution >= 4 is 17.6 Å². The molecule has 3 N–H and O–H groups in total. The van der Waals surface area contributed by atoms with Crippen LogP contribution >= 0.6 is 0 Å². The summed E-state index contributed by atoms with van der Waals surface area (Å²) in [6, 6.07) is 30.7. The quantitative estimate of drug-likeness (QED) is 0.353. The summed E-state index contributed by atoms with van der Waals surface area (Å²) in [5.41, 5.74) is 2.98. The molecule has 3 aromatic rings. The van der Waals surface area contributed by atoms with Crippen molar-refractivity contribution in [1.82, 2.24) is 16.0 Å². The normalized spacial score (nSPS) is 12.3. The summed E-state index contributed by atoms with van der Waals surface area (Å²) in [6.45, 7) is 7.75. The average molecular weight is 823 g/mol. The van der Waals surface area contributed by atoms with Crippen molar-refractivity contribution < 1.29 is 46.9 Å². The fourth-order valence-electron chi connectivity index (χ4n) is 3.00. The predicted molar refractivity (Wildman–Crippen MR) is 141 cm³/mol. The molecule has 1 amide bonds. The molecular weight excluding hydrogens is 790 g/mol.